The fourth-order valence-corrected chi connectivity index (χ4v) is 1.82. The molecule has 1 rings (SSSR count). The molecule has 1 heterocycles. The van der Waals surface area contributed by atoms with Crippen molar-refractivity contribution >= 4 is 5.82 Å². The molecule has 0 radical (unpaired) electrons. The summed E-state index contributed by atoms with van der Waals surface area (Å²) in [6, 6.07) is 0.251. The van der Waals surface area contributed by atoms with Crippen LogP contribution >= 0.6 is 0 Å². The number of nitrogens with one attached hydrogen (secondary N) is 1. The molecular weight excluding hydrogens is 228 g/mol. The molecule has 5 nitrogen and oxygen atoms in total. The summed E-state index contributed by atoms with van der Waals surface area (Å²) in [7, 11) is 0. The molecule has 0 bridgehead atoms. The van der Waals surface area contributed by atoms with E-state index in [0.29, 0.717) is 12.4 Å². The zero-order valence-corrected chi connectivity index (χ0v) is 11.5. The molecule has 1 unspecified atom stereocenters. The predicted molar refractivity (Wildman–Crippen MR) is 74.9 cm³/mol. The first kappa shape index (κ1) is 14.7. The Kier molecular flexibility index (Phi) is 5.85. The first-order chi connectivity index (χ1) is 8.60. The van der Waals surface area contributed by atoms with E-state index in [0.717, 1.165) is 19.3 Å². The Bertz CT molecular complexity index is 414. The van der Waals surface area contributed by atoms with Crippen molar-refractivity contribution in [3.05, 3.63) is 22.7 Å². The number of hydrogen-bond acceptors (Lipinski definition) is 4. The lowest BCUT2D eigenvalue weighted by atomic mass is 10.1. The third-order valence-electron chi connectivity index (χ3n) is 2.96. The summed E-state index contributed by atoms with van der Waals surface area (Å²) in [5, 5.41) is 3.16. The number of unbranched alkanes of at least 4 members (excludes halogenated alkanes) is 1. The molecule has 3 N–H and O–H groups in total. The quantitative estimate of drug-likeness (QED) is 0.775. The summed E-state index contributed by atoms with van der Waals surface area (Å²) >= 11 is 0. The van der Waals surface area contributed by atoms with E-state index in [4.69, 9.17) is 5.73 Å². The van der Waals surface area contributed by atoms with Crippen molar-refractivity contribution in [2.45, 2.75) is 52.1 Å². The van der Waals surface area contributed by atoms with Crippen LogP contribution in [-0.4, -0.2) is 22.1 Å². The first-order valence-corrected chi connectivity index (χ1v) is 6.63. The van der Waals surface area contributed by atoms with E-state index in [1.165, 1.54) is 0 Å². The minimum atomic E-state index is -0.0811. The first-order valence-electron chi connectivity index (χ1n) is 6.63. The molecule has 0 aliphatic heterocycles. The van der Waals surface area contributed by atoms with Gasteiger partial charge in [0.05, 0.1) is 0 Å². The summed E-state index contributed by atoms with van der Waals surface area (Å²) in [5.74, 6) is 0.401. The third-order valence-corrected chi connectivity index (χ3v) is 2.96. The van der Waals surface area contributed by atoms with Gasteiger partial charge in [0.1, 0.15) is 0 Å². The topological polar surface area (TPSA) is 72.9 Å². The molecule has 1 aromatic heterocycles. The number of hydrogen-bond donors (Lipinski definition) is 2. The molecule has 0 aliphatic rings. The lowest BCUT2D eigenvalue weighted by Gasteiger charge is -2.18. The molecule has 1 aromatic rings. The predicted octanol–water partition coefficient (Wildman–Crippen LogP) is 1.75. The van der Waals surface area contributed by atoms with Crippen molar-refractivity contribution in [2.24, 2.45) is 5.73 Å². The van der Waals surface area contributed by atoms with Crippen molar-refractivity contribution in [1.82, 2.24) is 9.55 Å². The normalized spacial score (nSPS) is 12.7. The lowest BCUT2D eigenvalue weighted by molar-refractivity contribution is 0.569. The van der Waals surface area contributed by atoms with E-state index in [1.54, 1.807) is 17.0 Å². The van der Waals surface area contributed by atoms with Gasteiger partial charge in [-0.25, -0.2) is 4.98 Å². The summed E-state index contributed by atoms with van der Waals surface area (Å²) < 4.78 is 1.67. The molecule has 0 saturated heterocycles. The van der Waals surface area contributed by atoms with Crippen LogP contribution in [0.3, 0.4) is 0 Å². The van der Waals surface area contributed by atoms with E-state index < -0.39 is 0 Å². The molecule has 0 aromatic carbocycles. The second-order valence-corrected chi connectivity index (χ2v) is 4.80. The molecule has 0 aliphatic carbocycles. The van der Waals surface area contributed by atoms with Crippen LogP contribution in [0, 0.1) is 0 Å². The van der Waals surface area contributed by atoms with Crippen LogP contribution in [0.25, 0.3) is 0 Å². The second-order valence-electron chi connectivity index (χ2n) is 4.80. The van der Waals surface area contributed by atoms with Gasteiger partial charge in [-0.05, 0) is 20.3 Å². The summed E-state index contributed by atoms with van der Waals surface area (Å²) in [5.41, 5.74) is 5.63. The van der Waals surface area contributed by atoms with Crippen molar-refractivity contribution in [3.8, 4) is 0 Å². The molecule has 0 saturated carbocycles. The van der Waals surface area contributed by atoms with Gasteiger partial charge in [-0.15, -0.1) is 0 Å². The van der Waals surface area contributed by atoms with Gasteiger partial charge in [-0.2, -0.15) is 0 Å². The van der Waals surface area contributed by atoms with Crippen LogP contribution in [0.4, 0.5) is 5.82 Å². The fraction of sp³-hybridized carbons (Fsp3) is 0.692. The largest absolute Gasteiger partial charge is 0.361 e. The number of aromatic nitrogens is 2. The van der Waals surface area contributed by atoms with Crippen molar-refractivity contribution < 1.29 is 0 Å². The zero-order chi connectivity index (χ0) is 13.5. The van der Waals surface area contributed by atoms with E-state index in [-0.39, 0.29) is 17.6 Å². The van der Waals surface area contributed by atoms with E-state index in [2.05, 4.69) is 17.2 Å². The Morgan fingerprint density at radius 1 is 1.50 bits per heavy atom. The Morgan fingerprint density at radius 2 is 2.22 bits per heavy atom. The van der Waals surface area contributed by atoms with Gasteiger partial charge in [0.15, 0.2) is 5.82 Å². The van der Waals surface area contributed by atoms with Crippen LogP contribution in [0.5, 0.6) is 0 Å². The van der Waals surface area contributed by atoms with Crippen molar-refractivity contribution in [3.63, 3.8) is 0 Å². The van der Waals surface area contributed by atoms with Gasteiger partial charge in [0.2, 0.25) is 0 Å². The molecular formula is C13H24N4O. The highest BCUT2D eigenvalue weighted by molar-refractivity contribution is 5.32. The molecule has 5 heteroatoms. The Labute approximate surface area is 108 Å². The highest BCUT2D eigenvalue weighted by Gasteiger charge is 2.11. The summed E-state index contributed by atoms with van der Waals surface area (Å²) in [6.45, 7) is 6.60. The summed E-state index contributed by atoms with van der Waals surface area (Å²) in [4.78, 5) is 16.2. The van der Waals surface area contributed by atoms with Gasteiger partial charge < -0.3 is 15.6 Å². The minimum Gasteiger partial charge on any atom is -0.361 e. The van der Waals surface area contributed by atoms with Crippen LogP contribution in [0.1, 0.15) is 46.1 Å². The third kappa shape index (κ3) is 3.84. The monoisotopic (exact) mass is 252 g/mol. The van der Waals surface area contributed by atoms with Crippen LogP contribution in [0.2, 0.25) is 0 Å². The fourth-order valence-electron chi connectivity index (χ4n) is 1.82. The molecule has 1 atom stereocenters. The van der Waals surface area contributed by atoms with Gasteiger partial charge in [-0.3, -0.25) is 4.79 Å². The molecule has 102 valence electrons. The average molecular weight is 252 g/mol. The maximum Gasteiger partial charge on any atom is 0.293 e. The van der Waals surface area contributed by atoms with Gasteiger partial charge in [0, 0.05) is 31.0 Å². The van der Waals surface area contributed by atoms with Crippen molar-refractivity contribution in [1.29, 1.82) is 0 Å². The highest BCUT2D eigenvalue weighted by atomic mass is 16.1. The number of rotatable bonds is 7. The highest BCUT2D eigenvalue weighted by Crippen LogP contribution is 2.06. The molecule has 0 amide bonds. The zero-order valence-electron chi connectivity index (χ0n) is 11.5. The van der Waals surface area contributed by atoms with Crippen LogP contribution in [-0.2, 0) is 0 Å². The van der Waals surface area contributed by atoms with Gasteiger partial charge in [0.25, 0.3) is 5.56 Å². The standard InChI is InChI=1S/C13H24N4O/c1-4-5-6-11(9-14)16-12-13(18)17(10(2)3)8-7-15-12/h7-8,10-11H,4-6,9,14H2,1-3H3,(H,15,16). The Balaban J connectivity index is 2.83. The molecule has 0 spiro atoms. The van der Waals surface area contributed by atoms with E-state index in [1.807, 2.05) is 13.8 Å². The van der Waals surface area contributed by atoms with E-state index >= 15 is 0 Å². The van der Waals surface area contributed by atoms with E-state index in [9.17, 15) is 4.79 Å². The average Bonchev–Trinajstić information content (AvgIpc) is 2.36. The molecule has 0 fully saturated rings. The van der Waals surface area contributed by atoms with Gasteiger partial charge >= 0.3 is 0 Å². The summed E-state index contributed by atoms with van der Waals surface area (Å²) in [6.07, 6.45) is 6.54. The SMILES string of the molecule is CCCCC(CN)Nc1nccn(C(C)C)c1=O. The number of nitrogens with two attached hydrogens (primary N) is 1. The van der Waals surface area contributed by atoms with Gasteiger partial charge in [-0.1, -0.05) is 19.8 Å². The van der Waals surface area contributed by atoms with Crippen LogP contribution in [0.15, 0.2) is 17.2 Å². The smallest absolute Gasteiger partial charge is 0.293 e. The Hall–Kier alpha value is -1.36. The maximum absolute atomic E-state index is 12.1. The second kappa shape index (κ2) is 7.16. The minimum absolute atomic E-state index is 0.0811. The Morgan fingerprint density at radius 3 is 2.78 bits per heavy atom. The number of anilines is 1. The maximum atomic E-state index is 12.1. The van der Waals surface area contributed by atoms with Crippen LogP contribution < -0.4 is 16.6 Å². The number of nitrogens with zero attached hydrogens (tertiary/aromatic N) is 2. The van der Waals surface area contributed by atoms with Crippen molar-refractivity contribution in [2.75, 3.05) is 11.9 Å². The lowest BCUT2D eigenvalue weighted by Crippen LogP contribution is -2.34. The molecule has 18 heavy (non-hydrogen) atoms.